The third-order valence-corrected chi connectivity index (χ3v) is 4.10. The summed E-state index contributed by atoms with van der Waals surface area (Å²) in [4.78, 5) is 2.45. The molecule has 0 spiro atoms. The zero-order valence-corrected chi connectivity index (χ0v) is 11.9. The summed E-state index contributed by atoms with van der Waals surface area (Å²) < 4.78 is 0. The van der Waals surface area contributed by atoms with Gasteiger partial charge in [-0.15, -0.1) is 0 Å². The molecule has 1 aromatic carbocycles. The van der Waals surface area contributed by atoms with Crippen molar-refractivity contribution in [2.24, 2.45) is 0 Å². The third-order valence-electron chi connectivity index (χ3n) is 4.10. The molecule has 1 fully saturated rings. The molecule has 18 heavy (non-hydrogen) atoms. The molecule has 1 saturated heterocycles. The second-order valence-corrected chi connectivity index (χ2v) is 5.60. The molecule has 2 rings (SSSR count). The Morgan fingerprint density at radius 1 is 1.33 bits per heavy atom. The topological polar surface area (TPSA) is 15.3 Å². The SMILES string of the molecule is CCCc1ccccc1NC1CCN(C)C(C)C1. The highest BCUT2D eigenvalue weighted by molar-refractivity contribution is 5.51. The summed E-state index contributed by atoms with van der Waals surface area (Å²) in [5, 5.41) is 3.76. The quantitative estimate of drug-likeness (QED) is 0.874. The highest BCUT2D eigenvalue weighted by Crippen LogP contribution is 2.23. The number of rotatable bonds is 4. The second kappa shape index (κ2) is 6.24. The van der Waals surface area contributed by atoms with Crippen LogP contribution in [0.1, 0.15) is 38.7 Å². The van der Waals surface area contributed by atoms with Gasteiger partial charge in [0, 0.05) is 24.3 Å². The van der Waals surface area contributed by atoms with Gasteiger partial charge in [-0.05, 0) is 44.9 Å². The molecule has 1 N–H and O–H groups in total. The summed E-state index contributed by atoms with van der Waals surface area (Å²) >= 11 is 0. The molecule has 2 heteroatoms. The van der Waals surface area contributed by atoms with Crippen molar-refractivity contribution < 1.29 is 0 Å². The van der Waals surface area contributed by atoms with Crippen LogP contribution in [0.15, 0.2) is 24.3 Å². The Morgan fingerprint density at radius 2 is 2.11 bits per heavy atom. The van der Waals surface area contributed by atoms with Crippen molar-refractivity contribution in [1.82, 2.24) is 4.90 Å². The standard InChI is InChI=1S/C16H26N2/c1-4-7-14-8-5-6-9-16(14)17-15-10-11-18(3)13(2)12-15/h5-6,8-9,13,15,17H,4,7,10-12H2,1-3H3. The van der Waals surface area contributed by atoms with Crippen LogP contribution < -0.4 is 5.32 Å². The minimum atomic E-state index is 0.634. The fourth-order valence-electron chi connectivity index (χ4n) is 2.79. The zero-order valence-electron chi connectivity index (χ0n) is 11.9. The molecule has 1 aliphatic rings. The van der Waals surface area contributed by atoms with Gasteiger partial charge >= 0.3 is 0 Å². The Hall–Kier alpha value is -1.02. The molecule has 1 aliphatic heterocycles. The Morgan fingerprint density at radius 3 is 2.83 bits per heavy atom. The summed E-state index contributed by atoms with van der Waals surface area (Å²) in [6, 6.07) is 10.1. The molecule has 2 unspecified atom stereocenters. The molecule has 100 valence electrons. The largest absolute Gasteiger partial charge is 0.382 e. The molecule has 0 amide bonds. The second-order valence-electron chi connectivity index (χ2n) is 5.60. The van der Waals surface area contributed by atoms with E-state index in [4.69, 9.17) is 0 Å². The van der Waals surface area contributed by atoms with Crippen LogP contribution in [0.25, 0.3) is 0 Å². The minimum absolute atomic E-state index is 0.634. The van der Waals surface area contributed by atoms with Crippen LogP contribution in [-0.4, -0.2) is 30.6 Å². The summed E-state index contributed by atoms with van der Waals surface area (Å²) in [7, 11) is 2.23. The van der Waals surface area contributed by atoms with Crippen molar-refractivity contribution in [2.45, 2.75) is 51.6 Å². The van der Waals surface area contributed by atoms with E-state index in [9.17, 15) is 0 Å². The lowest BCUT2D eigenvalue weighted by atomic mass is 9.98. The summed E-state index contributed by atoms with van der Waals surface area (Å²) in [5.74, 6) is 0. The van der Waals surface area contributed by atoms with Crippen molar-refractivity contribution in [3.8, 4) is 0 Å². The summed E-state index contributed by atoms with van der Waals surface area (Å²) in [5.41, 5.74) is 2.81. The predicted molar refractivity (Wildman–Crippen MR) is 79.2 cm³/mol. The van der Waals surface area contributed by atoms with Crippen molar-refractivity contribution in [2.75, 3.05) is 18.9 Å². The first-order valence-corrected chi connectivity index (χ1v) is 7.25. The minimum Gasteiger partial charge on any atom is -0.382 e. The van der Waals surface area contributed by atoms with Gasteiger partial charge in [0.05, 0.1) is 0 Å². The van der Waals surface area contributed by atoms with Gasteiger partial charge in [0.15, 0.2) is 0 Å². The van der Waals surface area contributed by atoms with Gasteiger partial charge in [-0.3, -0.25) is 0 Å². The maximum Gasteiger partial charge on any atom is 0.0374 e. The van der Waals surface area contributed by atoms with E-state index < -0.39 is 0 Å². The van der Waals surface area contributed by atoms with Crippen LogP contribution in [0.3, 0.4) is 0 Å². The molecule has 0 aromatic heterocycles. The molecule has 1 aromatic rings. The molecular weight excluding hydrogens is 220 g/mol. The number of benzene rings is 1. The number of aryl methyl sites for hydroxylation is 1. The first kappa shape index (κ1) is 13.4. The first-order chi connectivity index (χ1) is 8.70. The van der Waals surface area contributed by atoms with Crippen LogP contribution in [0.4, 0.5) is 5.69 Å². The van der Waals surface area contributed by atoms with Crippen LogP contribution in [0.5, 0.6) is 0 Å². The van der Waals surface area contributed by atoms with Gasteiger partial charge in [-0.25, -0.2) is 0 Å². The molecule has 0 radical (unpaired) electrons. The van der Waals surface area contributed by atoms with Crippen molar-refractivity contribution in [3.63, 3.8) is 0 Å². The van der Waals surface area contributed by atoms with E-state index in [0.717, 1.165) is 0 Å². The normalized spacial score (nSPS) is 25.1. The van der Waals surface area contributed by atoms with Crippen LogP contribution >= 0.6 is 0 Å². The number of hydrogen-bond acceptors (Lipinski definition) is 2. The van der Waals surface area contributed by atoms with Gasteiger partial charge in [0.2, 0.25) is 0 Å². The molecule has 2 nitrogen and oxygen atoms in total. The smallest absolute Gasteiger partial charge is 0.0374 e. The zero-order chi connectivity index (χ0) is 13.0. The van der Waals surface area contributed by atoms with Crippen LogP contribution in [-0.2, 0) is 6.42 Å². The molecule has 2 atom stereocenters. The number of hydrogen-bond donors (Lipinski definition) is 1. The predicted octanol–water partition coefficient (Wildman–Crippen LogP) is 3.53. The van der Waals surface area contributed by atoms with Gasteiger partial charge in [0.25, 0.3) is 0 Å². The first-order valence-electron chi connectivity index (χ1n) is 7.25. The lowest BCUT2D eigenvalue weighted by molar-refractivity contribution is 0.190. The van der Waals surface area contributed by atoms with E-state index in [1.165, 1.54) is 43.5 Å². The van der Waals surface area contributed by atoms with E-state index in [1.54, 1.807) is 0 Å². The van der Waals surface area contributed by atoms with Gasteiger partial charge in [0.1, 0.15) is 0 Å². The fourth-order valence-corrected chi connectivity index (χ4v) is 2.79. The molecule has 0 bridgehead atoms. The number of para-hydroxylation sites is 1. The highest BCUT2D eigenvalue weighted by atomic mass is 15.1. The Labute approximate surface area is 111 Å². The summed E-state index contributed by atoms with van der Waals surface area (Å²) in [6.07, 6.45) is 4.88. The molecule has 1 heterocycles. The van der Waals surface area contributed by atoms with E-state index >= 15 is 0 Å². The number of anilines is 1. The monoisotopic (exact) mass is 246 g/mol. The average molecular weight is 246 g/mol. The van der Waals surface area contributed by atoms with Crippen molar-refractivity contribution in [3.05, 3.63) is 29.8 Å². The van der Waals surface area contributed by atoms with E-state index in [0.29, 0.717) is 12.1 Å². The molecular formula is C16H26N2. The van der Waals surface area contributed by atoms with E-state index in [2.05, 4.69) is 55.4 Å². The number of nitrogens with zero attached hydrogens (tertiary/aromatic N) is 1. The number of likely N-dealkylation sites (tertiary alicyclic amines) is 1. The van der Waals surface area contributed by atoms with E-state index in [-0.39, 0.29) is 0 Å². The number of nitrogens with one attached hydrogen (secondary N) is 1. The van der Waals surface area contributed by atoms with Gasteiger partial charge in [-0.1, -0.05) is 31.5 Å². The third kappa shape index (κ3) is 3.26. The maximum absolute atomic E-state index is 3.76. The highest BCUT2D eigenvalue weighted by Gasteiger charge is 2.22. The van der Waals surface area contributed by atoms with Crippen LogP contribution in [0, 0.1) is 0 Å². The Balaban J connectivity index is 2.01. The lowest BCUT2D eigenvalue weighted by Gasteiger charge is -2.36. The molecule has 0 aliphatic carbocycles. The van der Waals surface area contributed by atoms with Gasteiger partial charge in [-0.2, -0.15) is 0 Å². The van der Waals surface area contributed by atoms with Crippen LogP contribution in [0.2, 0.25) is 0 Å². The Bertz CT molecular complexity index is 375. The Kier molecular flexibility index (Phi) is 4.65. The maximum atomic E-state index is 3.76. The van der Waals surface area contributed by atoms with E-state index in [1.807, 2.05) is 0 Å². The molecule has 0 saturated carbocycles. The fraction of sp³-hybridized carbons (Fsp3) is 0.625. The van der Waals surface area contributed by atoms with Gasteiger partial charge < -0.3 is 10.2 Å². The summed E-state index contributed by atoms with van der Waals surface area (Å²) in [6.45, 7) is 5.77. The van der Waals surface area contributed by atoms with Crippen molar-refractivity contribution >= 4 is 5.69 Å². The lowest BCUT2D eigenvalue weighted by Crippen LogP contribution is -2.42. The number of piperidine rings is 1. The average Bonchev–Trinajstić information content (AvgIpc) is 2.37. The van der Waals surface area contributed by atoms with Crippen molar-refractivity contribution in [1.29, 1.82) is 0 Å².